The van der Waals surface area contributed by atoms with Gasteiger partial charge in [-0.05, 0) is 56.5 Å². The summed E-state index contributed by atoms with van der Waals surface area (Å²) in [5, 5.41) is 1.21. The van der Waals surface area contributed by atoms with E-state index in [-0.39, 0.29) is 0 Å². The Bertz CT molecular complexity index is 478. The molecule has 24 heavy (non-hydrogen) atoms. The Morgan fingerprint density at radius 3 is 2.58 bits per heavy atom. The molecule has 2 atom stereocenters. The maximum Gasteiger partial charge on any atom is 0.122 e. The highest BCUT2D eigenvalue weighted by molar-refractivity contribution is 6.34. The molecule has 3 nitrogen and oxygen atoms in total. The zero-order valence-corrected chi connectivity index (χ0v) is 16.3. The smallest absolute Gasteiger partial charge is 0.122 e. The van der Waals surface area contributed by atoms with E-state index >= 15 is 0 Å². The van der Waals surface area contributed by atoms with Gasteiger partial charge in [0.05, 0.1) is 12.7 Å². The Morgan fingerprint density at radius 1 is 1.17 bits per heavy atom. The average molecular weight is 374 g/mol. The summed E-state index contributed by atoms with van der Waals surface area (Å²) in [4.78, 5) is 2.54. The zero-order valence-electron chi connectivity index (χ0n) is 14.8. The van der Waals surface area contributed by atoms with E-state index < -0.39 is 0 Å². The molecule has 1 aliphatic heterocycles. The summed E-state index contributed by atoms with van der Waals surface area (Å²) < 4.78 is 11.6. The molecule has 0 unspecified atom stereocenters. The van der Waals surface area contributed by atoms with E-state index in [0.29, 0.717) is 28.7 Å². The molecule has 1 aliphatic rings. The van der Waals surface area contributed by atoms with Crippen molar-refractivity contribution in [3.8, 4) is 5.75 Å². The van der Waals surface area contributed by atoms with Gasteiger partial charge in [0.2, 0.25) is 0 Å². The van der Waals surface area contributed by atoms with Crippen LogP contribution in [-0.2, 0) is 4.74 Å². The monoisotopic (exact) mass is 373 g/mol. The van der Waals surface area contributed by atoms with Crippen molar-refractivity contribution in [3.05, 3.63) is 28.2 Å². The van der Waals surface area contributed by atoms with Crippen molar-refractivity contribution in [2.24, 2.45) is 5.92 Å². The van der Waals surface area contributed by atoms with E-state index in [9.17, 15) is 0 Å². The molecule has 0 aromatic heterocycles. The summed E-state index contributed by atoms with van der Waals surface area (Å²) >= 11 is 12.0. The SMILES string of the molecule is CCCCCN1CC[C@@H](CCOc2cc(Cl)cc(Cl)c2)[C@H](OC)C1. The third kappa shape index (κ3) is 6.44. The third-order valence-corrected chi connectivity index (χ3v) is 5.19. The summed E-state index contributed by atoms with van der Waals surface area (Å²) in [6, 6.07) is 5.32. The molecule has 1 aromatic carbocycles. The van der Waals surface area contributed by atoms with Crippen LogP contribution in [-0.4, -0.2) is 44.4 Å². The van der Waals surface area contributed by atoms with Crippen LogP contribution in [0.3, 0.4) is 0 Å². The van der Waals surface area contributed by atoms with Crippen molar-refractivity contribution in [1.29, 1.82) is 0 Å². The van der Waals surface area contributed by atoms with Crippen molar-refractivity contribution in [1.82, 2.24) is 4.90 Å². The lowest BCUT2D eigenvalue weighted by atomic mass is 9.91. The van der Waals surface area contributed by atoms with E-state index in [1.807, 2.05) is 7.11 Å². The van der Waals surface area contributed by atoms with Crippen LogP contribution in [0.4, 0.5) is 0 Å². The lowest BCUT2D eigenvalue weighted by Crippen LogP contribution is -2.45. The third-order valence-electron chi connectivity index (χ3n) is 4.75. The number of unbranched alkanes of at least 4 members (excludes halogenated alkanes) is 2. The first-order valence-electron chi connectivity index (χ1n) is 8.96. The number of halogens is 2. The maximum absolute atomic E-state index is 6.00. The van der Waals surface area contributed by atoms with Gasteiger partial charge < -0.3 is 14.4 Å². The summed E-state index contributed by atoms with van der Waals surface area (Å²) in [5.41, 5.74) is 0. The molecule has 0 spiro atoms. The lowest BCUT2D eigenvalue weighted by molar-refractivity contribution is -0.0180. The van der Waals surface area contributed by atoms with Crippen LogP contribution in [0.15, 0.2) is 18.2 Å². The molecule has 136 valence electrons. The minimum Gasteiger partial charge on any atom is -0.493 e. The molecule has 1 fully saturated rings. The summed E-state index contributed by atoms with van der Waals surface area (Å²) in [5.74, 6) is 1.28. The van der Waals surface area contributed by atoms with Crippen LogP contribution in [0.5, 0.6) is 5.75 Å². The highest BCUT2D eigenvalue weighted by atomic mass is 35.5. The van der Waals surface area contributed by atoms with E-state index in [2.05, 4.69) is 11.8 Å². The van der Waals surface area contributed by atoms with E-state index in [1.165, 1.54) is 32.2 Å². The molecule has 0 amide bonds. The van der Waals surface area contributed by atoms with Crippen LogP contribution in [0.1, 0.15) is 39.0 Å². The van der Waals surface area contributed by atoms with E-state index in [4.69, 9.17) is 32.7 Å². The Labute approximate surface area is 156 Å². The van der Waals surface area contributed by atoms with Gasteiger partial charge in [-0.15, -0.1) is 0 Å². The van der Waals surface area contributed by atoms with Crippen molar-refractivity contribution < 1.29 is 9.47 Å². The highest BCUT2D eigenvalue weighted by Gasteiger charge is 2.28. The van der Waals surface area contributed by atoms with Gasteiger partial charge in [0, 0.05) is 23.7 Å². The number of hydrogen-bond donors (Lipinski definition) is 0. The number of methoxy groups -OCH3 is 1. The van der Waals surface area contributed by atoms with Gasteiger partial charge in [-0.3, -0.25) is 0 Å². The molecule has 0 aliphatic carbocycles. The maximum atomic E-state index is 6.00. The predicted octanol–water partition coefficient (Wildman–Crippen LogP) is 5.29. The quantitative estimate of drug-likeness (QED) is 0.548. The minimum absolute atomic E-state index is 0.298. The number of ether oxygens (including phenoxy) is 2. The fraction of sp³-hybridized carbons (Fsp3) is 0.684. The van der Waals surface area contributed by atoms with Crippen LogP contribution in [0.25, 0.3) is 0 Å². The molecule has 1 heterocycles. The van der Waals surface area contributed by atoms with Crippen LogP contribution < -0.4 is 4.74 Å². The molecule has 5 heteroatoms. The lowest BCUT2D eigenvalue weighted by Gasteiger charge is -2.37. The second-order valence-electron chi connectivity index (χ2n) is 6.57. The Kier molecular flexibility index (Phi) is 8.68. The standard InChI is InChI=1S/C19H29Cl2NO2/c1-3-4-5-8-22-9-6-15(19(14-22)23-2)7-10-24-18-12-16(20)11-17(21)13-18/h11-13,15,19H,3-10,14H2,1-2H3/t15-,19+/m0/s1. The molecular formula is C19H29Cl2NO2. The summed E-state index contributed by atoms with van der Waals surface area (Å²) in [7, 11) is 1.82. The van der Waals surface area contributed by atoms with Crippen molar-refractivity contribution in [3.63, 3.8) is 0 Å². The first-order chi connectivity index (χ1) is 11.6. The minimum atomic E-state index is 0.298. The number of hydrogen-bond acceptors (Lipinski definition) is 3. The molecule has 2 rings (SSSR count). The summed E-state index contributed by atoms with van der Waals surface area (Å²) in [6.07, 6.45) is 6.33. The van der Waals surface area contributed by atoms with E-state index in [0.717, 1.165) is 25.3 Å². The molecule has 1 aromatic rings. The number of nitrogens with zero attached hydrogens (tertiary/aromatic N) is 1. The van der Waals surface area contributed by atoms with Crippen molar-refractivity contribution >= 4 is 23.2 Å². The highest BCUT2D eigenvalue weighted by Crippen LogP contribution is 2.26. The van der Waals surface area contributed by atoms with Crippen molar-refractivity contribution in [2.45, 2.75) is 45.1 Å². The Hall–Kier alpha value is -0.480. The second-order valence-corrected chi connectivity index (χ2v) is 7.45. The van der Waals surface area contributed by atoms with Crippen LogP contribution >= 0.6 is 23.2 Å². The topological polar surface area (TPSA) is 21.7 Å². The van der Waals surface area contributed by atoms with Gasteiger partial charge >= 0.3 is 0 Å². The second kappa shape index (κ2) is 10.5. The van der Waals surface area contributed by atoms with Gasteiger partial charge in [0.15, 0.2) is 0 Å². The molecule has 0 bridgehead atoms. The predicted molar refractivity (Wildman–Crippen MR) is 101 cm³/mol. The van der Waals surface area contributed by atoms with Gasteiger partial charge in [-0.1, -0.05) is 43.0 Å². The zero-order chi connectivity index (χ0) is 17.4. The van der Waals surface area contributed by atoms with Gasteiger partial charge in [0.25, 0.3) is 0 Å². The van der Waals surface area contributed by atoms with Gasteiger partial charge in [0.1, 0.15) is 5.75 Å². The van der Waals surface area contributed by atoms with Gasteiger partial charge in [-0.2, -0.15) is 0 Å². The van der Waals surface area contributed by atoms with Gasteiger partial charge in [-0.25, -0.2) is 0 Å². The normalized spacial score (nSPS) is 21.8. The molecule has 0 N–H and O–H groups in total. The Morgan fingerprint density at radius 2 is 1.92 bits per heavy atom. The molecule has 0 radical (unpaired) electrons. The first-order valence-corrected chi connectivity index (χ1v) is 9.72. The van der Waals surface area contributed by atoms with E-state index in [1.54, 1.807) is 18.2 Å². The average Bonchev–Trinajstić information content (AvgIpc) is 2.55. The van der Waals surface area contributed by atoms with Crippen LogP contribution in [0.2, 0.25) is 10.0 Å². The fourth-order valence-electron chi connectivity index (χ4n) is 3.35. The summed E-state index contributed by atoms with van der Waals surface area (Å²) in [6.45, 7) is 6.30. The largest absolute Gasteiger partial charge is 0.493 e. The van der Waals surface area contributed by atoms with Crippen molar-refractivity contribution in [2.75, 3.05) is 33.4 Å². The number of piperidine rings is 1. The fourth-order valence-corrected chi connectivity index (χ4v) is 3.86. The molecular weight excluding hydrogens is 345 g/mol. The molecule has 0 saturated carbocycles. The molecule has 1 saturated heterocycles. The number of likely N-dealkylation sites (tertiary alicyclic amines) is 1. The number of rotatable bonds is 9. The number of benzene rings is 1. The van der Waals surface area contributed by atoms with Crippen LogP contribution in [0, 0.1) is 5.92 Å². The Balaban J connectivity index is 1.75. The first kappa shape index (κ1) is 19.8.